The number of Topliss-reactive ketones (excluding diaryl/α,β-unsaturated/α-hetero) is 1. The maximum absolute atomic E-state index is 12.7. The summed E-state index contributed by atoms with van der Waals surface area (Å²) in [7, 11) is 0. The van der Waals surface area contributed by atoms with Gasteiger partial charge in [0, 0.05) is 58.2 Å². The van der Waals surface area contributed by atoms with Gasteiger partial charge in [0.15, 0.2) is 5.78 Å². The minimum absolute atomic E-state index is 0.0488. The molecule has 0 rings (SSSR count). The zero-order valence-corrected chi connectivity index (χ0v) is 52.7. The molecule has 0 saturated heterocycles. The number of carbonyl (C=O) groups excluding carboxylic acids is 8. The predicted molar refractivity (Wildman–Crippen MR) is 327 cm³/mol. The lowest BCUT2D eigenvalue weighted by atomic mass is 10.0. The van der Waals surface area contributed by atoms with E-state index in [9.17, 15) is 72.9 Å². The molecule has 0 bridgehead atoms. The zero-order valence-electron chi connectivity index (χ0n) is 52.7. The highest BCUT2D eigenvalue weighted by atomic mass is 16.5. The minimum atomic E-state index is -1.57. The van der Waals surface area contributed by atoms with Gasteiger partial charge in [-0.05, 0) is 57.3 Å². The molecule has 29 heteroatoms. The number of carboxylic acid groups (broad SMARTS) is 4. The molecule has 0 saturated carbocycles. The number of unbranched alkanes of at least 4 members (excludes halogenated alkanes) is 16. The first kappa shape index (κ1) is 82.6. The second-order valence-electron chi connectivity index (χ2n) is 22.3. The van der Waals surface area contributed by atoms with Gasteiger partial charge in [-0.2, -0.15) is 0 Å². The number of rotatable bonds is 62. The predicted octanol–water partition coefficient (Wildman–Crippen LogP) is 2.11. The number of ketones is 1. The number of ether oxygens (including phenoxy) is 4. The lowest BCUT2D eigenvalue weighted by Crippen LogP contribution is -2.49. The quantitative estimate of drug-likeness (QED) is 0.0388. The van der Waals surface area contributed by atoms with Crippen LogP contribution in [0.1, 0.15) is 194 Å². The molecule has 5 atom stereocenters. The monoisotopic (exact) mass is 1270 g/mol. The first-order valence-electron chi connectivity index (χ1n) is 31.7. The Morgan fingerprint density at radius 1 is 0.382 bits per heavy atom. The Morgan fingerprint density at radius 3 is 1.18 bits per heavy atom. The van der Waals surface area contributed by atoms with E-state index in [1.54, 1.807) is 0 Å². The average molecular weight is 1270 g/mol. The number of primary amides is 1. The molecule has 7 amide bonds. The lowest BCUT2D eigenvalue weighted by molar-refractivity contribution is -0.144. The number of carboxylic acids is 4. The molecule has 0 radical (unpaired) electrons. The third-order valence-corrected chi connectivity index (χ3v) is 14.2. The van der Waals surface area contributed by atoms with Crippen molar-refractivity contribution in [2.45, 2.75) is 224 Å². The standard InChI is InChI=1S/C60H107N9O20/c1-43(2)56(57(62)79)66-41-48(70)44(61)21-19-20-31-63-50(72)30-34-86-37-38-87-36-33-65-54(76)42-89-40-39-88-35-32-64-49(71)27-24-45(58(80)81)68-52(74)29-26-47(60(84)85)69-53(75)28-25-46(59(82)83)67-51(73)22-17-15-13-11-9-7-5-3-4-6-8-10-12-14-16-18-23-55(77)78/h43-47,56,66H,3-42,61H2,1-2H3,(H2,62,79)(H,63,72)(H,64,71)(H,65,76)(H,67,73)(H,68,74)(H,69,75)(H,77,78)(H,80,81)(H,82,83)(H,84,85)/t44-,45-,46-,47-,56-/m0/s1. The van der Waals surface area contributed by atoms with Crippen molar-refractivity contribution in [2.24, 2.45) is 17.4 Å². The highest BCUT2D eigenvalue weighted by Gasteiger charge is 2.27. The third-order valence-electron chi connectivity index (χ3n) is 14.2. The van der Waals surface area contributed by atoms with Crippen molar-refractivity contribution in [3.05, 3.63) is 0 Å². The zero-order chi connectivity index (χ0) is 66.5. The molecule has 0 unspecified atom stereocenters. The first-order valence-corrected chi connectivity index (χ1v) is 31.7. The lowest BCUT2D eigenvalue weighted by Gasteiger charge is -2.19. The molecule has 0 aromatic carbocycles. The van der Waals surface area contributed by atoms with Gasteiger partial charge in [-0.3, -0.25) is 48.5 Å². The number of nitrogens with one attached hydrogen (secondary N) is 7. The van der Waals surface area contributed by atoms with Crippen molar-refractivity contribution in [3.8, 4) is 0 Å². The van der Waals surface area contributed by atoms with Crippen molar-refractivity contribution in [1.82, 2.24) is 37.2 Å². The van der Waals surface area contributed by atoms with E-state index < -0.39 is 103 Å². The molecule has 0 aromatic rings. The fraction of sp³-hybridized carbons (Fsp3) is 0.800. The highest BCUT2D eigenvalue weighted by Crippen LogP contribution is 2.15. The van der Waals surface area contributed by atoms with Crippen molar-refractivity contribution in [1.29, 1.82) is 0 Å². The van der Waals surface area contributed by atoms with E-state index in [-0.39, 0.29) is 135 Å². The molecule has 512 valence electrons. The fourth-order valence-corrected chi connectivity index (χ4v) is 8.94. The van der Waals surface area contributed by atoms with Crippen LogP contribution in [0.4, 0.5) is 0 Å². The maximum atomic E-state index is 12.7. The Balaban J connectivity index is 4.09. The van der Waals surface area contributed by atoms with E-state index >= 15 is 0 Å². The van der Waals surface area contributed by atoms with Crippen LogP contribution in [-0.2, 0) is 76.5 Å². The molecule has 0 aliphatic carbocycles. The van der Waals surface area contributed by atoms with Crippen LogP contribution in [0.15, 0.2) is 0 Å². The van der Waals surface area contributed by atoms with Crippen molar-refractivity contribution in [2.75, 3.05) is 79.0 Å². The normalized spacial score (nSPS) is 12.9. The third kappa shape index (κ3) is 50.1. The first-order chi connectivity index (χ1) is 42.5. The molecule has 0 heterocycles. The van der Waals surface area contributed by atoms with E-state index in [2.05, 4.69) is 37.2 Å². The van der Waals surface area contributed by atoms with Gasteiger partial charge in [0.1, 0.15) is 24.7 Å². The summed E-state index contributed by atoms with van der Waals surface area (Å²) in [6.07, 6.45) is 16.8. The summed E-state index contributed by atoms with van der Waals surface area (Å²) in [6.45, 7) is 5.21. The summed E-state index contributed by atoms with van der Waals surface area (Å²) >= 11 is 0. The molecule has 0 aliphatic heterocycles. The van der Waals surface area contributed by atoms with Crippen molar-refractivity contribution >= 4 is 71.0 Å². The molecule has 89 heavy (non-hydrogen) atoms. The minimum Gasteiger partial charge on any atom is -0.481 e. The number of aliphatic carboxylic acids is 4. The van der Waals surface area contributed by atoms with Crippen molar-refractivity contribution in [3.63, 3.8) is 0 Å². The Kier molecular flexibility index (Phi) is 50.6. The van der Waals surface area contributed by atoms with Crippen LogP contribution in [0, 0.1) is 5.92 Å². The SMILES string of the molecule is CC(C)[C@H](NCC(=O)[C@@H](N)CCCCNC(=O)CCOCCOCCNC(=O)COCCOCCNC(=O)CC[C@H](NC(=O)CC[C@H](NC(=O)CC[C@H](NC(=O)CCCCCCCCCCCCCCCCCCC(=O)O)C(=O)O)C(=O)O)C(=O)O)C(N)=O. The fourth-order valence-electron chi connectivity index (χ4n) is 8.94. The Labute approximate surface area is 523 Å². The molecule has 0 spiro atoms. The maximum Gasteiger partial charge on any atom is 0.326 e. The van der Waals surface area contributed by atoms with Gasteiger partial charge < -0.3 is 82.7 Å². The molecule has 0 fully saturated rings. The summed E-state index contributed by atoms with van der Waals surface area (Å²) in [5.74, 6) is -9.10. The molecular formula is C60H107N9O20. The second-order valence-corrected chi connectivity index (χ2v) is 22.3. The van der Waals surface area contributed by atoms with E-state index in [0.717, 1.165) is 57.8 Å². The number of hydrogen-bond acceptors (Lipinski definition) is 18. The molecule has 0 aliphatic rings. The van der Waals surface area contributed by atoms with Gasteiger partial charge in [-0.15, -0.1) is 0 Å². The summed E-state index contributed by atoms with van der Waals surface area (Å²) in [5, 5.41) is 55.4. The Morgan fingerprint density at radius 2 is 0.753 bits per heavy atom. The van der Waals surface area contributed by atoms with Gasteiger partial charge in [-0.25, -0.2) is 14.4 Å². The van der Waals surface area contributed by atoms with Gasteiger partial charge >= 0.3 is 23.9 Å². The molecule has 29 nitrogen and oxygen atoms in total. The summed E-state index contributed by atoms with van der Waals surface area (Å²) in [4.78, 5) is 144. The van der Waals surface area contributed by atoms with Crippen LogP contribution in [0.25, 0.3) is 0 Å². The highest BCUT2D eigenvalue weighted by molar-refractivity contribution is 5.88. The van der Waals surface area contributed by atoms with Crippen LogP contribution in [0.5, 0.6) is 0 Å². The summed E-state index contributed by atoms with van der Waals surface area (Å²) in [6, 6.07) is -5.76. The Bertz CT molecular complexity index is 2070. The van der Waals surface area contributed by atoms with Crippen molar-refractivity contribution < 1.29 is 96.9 Å². The van der Waals surface area contributed by atoms with Crippen LogP contribution < -0.4 is 48.7 Å². The number of hydrogen-bond donors (Lipinski definition) is 13. The Hall–Kier alpha value is -6.40. The van der Waals surface area contributed by atoms with Gasteiger partial charge in [0.25, 0.3) is 0 Å². The summed E-state index contributed by atoms with van der Waals surface area (Å²) in [5.41, 5.74) is 11.3. The topological polar surface area (TPSA) is 459 Å². The summed E-state index contributed by atoms with van der Waals surface area (Å²) < 4.78 is 21.5. The molecule has 15 N–H and O–H groups in total. The van der Waals surface area contributed by atoms with Gasteiger partial charge in [-0.1, -0.05) is 104 Å². The molecular weight excluding hydrogens is 1170 g/mol. The van der Waals surface area contributed by atoms with E-state index in [0.29, 0.717) is 32.2 Å². The van der Waals surface area contributed by atoms with Gasteiger partial charge in [0.2, 0.25) is 41.4 Å². The van der Waals surface area contributed by atoms with Crippen LogP contribution >= 0.6 is 0 Å². The number of nitrogens with two attached hydrogens (primary N) is 2. The second kappa shape index (κ2) is 54.5. The number of carbonyl (C=O) groups is 12. The van der Waals surface area contributed by atoms with Gasteiger partial charge in [0.05, 0.1) is 64.9 Å². The van der Waals surface area contributed by atoms with E-state index in [1.165, 1.54) is 38.5 Å². The van der Waals surface area contributed by atoms with Crippen LogP contribution in [0.2, 0.25) is 0 Å². The van der Waals surface area contributed by atoms with Crippen LogP contribution in [-0.4, -0.2) is 201 Å². The molecule has 0 aromatic heterocycles. The van der Waals surface area contributed by atoms with E-state index in [4.69, 9.17) is 35.5 Å². The average Bonchev–Trinajstić information content (AvgIpc) is 3.70. The largest absolute Gasteiger partial charge is 0.481 e. The van der Waals surface area contributed by atoms with Crippen LogP contribution in [0.3, 0.4) is 0 Å². The number of amides is 7. The smallest absolute Gasteiger partial charge is 0.326 e. The van der Waals surface area contributed by atoms with E-state index in [1.807, 2.05) is 13.8 Å².